The third kappa shape index (κ3) is 2.51. The molecule has 2 atom stereocenters. The zero-order valence-corrected chi connectivity index (χ0v) is 11.8. The molecule has 1 amide bonds. The van der Waals surface area contributed by atoms with Gasteiger partial charge in [0.05, 0.1) is 0 Å². The number of thiophene rings is 1. The normalized spacial score (nSPS) is 21.6. The first-order valence-electron chi connectivity index (χ1n) is 6.03. The van der Waals surface area contributed by atoms with Gasteiger partial charge in [0.2, 0.25) is 0 Å². The van der Waals surface area contributed by atoms with Crippen LogP contribution in [0.25, 0.3) is 0 Å². The maximum Gasteiger partial charge on any atom is 0.415 e. The van der Waals surface area contributed by atoms with E-state index in [9.17, 15) is 27.9 Å². The number of rotatable bonds is 2. The zero-order chi connectivity index (χ0) is 16.0. The van der Waals surface area contributed by atoms with Crippen molar-refractivity contribution < 1.29 is 27.9 Å². The SMILES string of the molecule is CC(N)(C(=O)N1CCc2sccc2C1C(=O)O)C(F)(F)F. The maximum absolute atomic E-state index is 12.9. The third-order valence-corrected chi connectivity index (χ3v) is 4.49. The molecule has 0 aromatic carbocycles. The van der Waals surface area contributed by atoms with E-state index >= 15 is 0 Å². The second-order valence-electron chi connectivity index (χ2n) is 4.99. The molecule has 2 unspecified atom stereocenters. The molecule has 0 spiro atoms. The Hall–Kier alpha value is -1.61. The molecule has 9 heteroatoms. The summed E-state index contributed by atoms with van der Waals surface area (Å²) in [5.74, 6) is -2.81. The number of nitrogens with zero attached hydrogens (tertiary/aromatic N) is 1. The van der Waals surface area contributed by atoms with Crippen molar-refractivity contribution in [1.82, 2.24) is 4.90 Å². The van der Waals surface area contributed by atoms with Crippen molar-refractivity contribution in [2.75, 3.05) is 6.54 Å². The summed E-state index contributed by atoms with van der Waals surface area (Å²) in [4.78, 5) is 25.0. The van der Waals surface area contributed by atoms with Crippen LogP contribution in [-0.4, -0.2) is 40.1 Å². The molecule has 1 aliphatic rings. The van der Waals surface area contributed by atoms with Crippen molar-refractivity contribution in [2.24, 2.45) is 5.73 Å². The van der Waals surface area contributed by atoms with Gasteiger partial charge >= 0.3 is 12.1 Å². The highest BCUT2D eigenvalue weighted by atomic mass is 32.1. The summed E-state index contributed by atoms with van der Waals surface area (Å²) in [5, 5.41) is 10.9. The van der Waals surface area contributed by atoms with Crippen LogP contribution in [-0.2, 0) is 16.0 Å². The van der Waals surface area contributed by atoms with Crippen molar-refractivity contribution in [3.63, 3.8) is 0 Å². The number of carboxylic acids is 1. The zero-order valence-electron chi connectivity index (χ0n) is 11.0. The fourth-order valence-corrected chi connectivity index (χ4v) is 3.12. The fraction of sp³-hybridized carbons (Fsp3) is 0.500. The number of carbonyl (C=O) groups excluding carboxylic acids is 1. The van der Waals surface area contributed by atoms with Gasteiger partial charge in [0.1, 0.15) is 0 Å². The highest BCUT2D eigenvalue weighted by molar-refractivity contribution is 7.10. The number of fused-ring (bicyclic) bond motifs is 1. The van der Waals surface area contributed by atoms with Gasteiger partial charge in [-0.05, 0) is 30.4 Å². The standard InChI is InChI=1S/C12H13F3N2O3S/c1-11(16,12(13,14)15)10(20)17-4-2-7-6(3-5-21-7)8(17)9(18)19/h3,5,8H,2,4,16H2,1H3,(H,18,19). The molecule has 1 aromatic rings. The number of carboxylic acid groups (broad SMARTS) is 1. The van der Waals surface area contributed by atoms with Crippen LogP contribution in [0, 0.1) is 0 Å². The first-order valence-corrected chi connectivity index (χ1v) is 6.91. The lowest BCUT2D eigenvalue weighted by molar-refractivity contribution is -0.196. The molecule has 3 N–H and O–H groups in total. The van der Waals surface area contributed by atoms with Crippen LogP contribution in [0.5, 0.6) is 0 Å². The minimum Gasteiger partial charge on any atom is -0.479 e. The molecule has 5 nitrogen and oxygen atoms in total. The molecular formula is C12H13F3N2O3S. The van der Waals surface area contributed by atoms with E-state index in [0.29, 0.717) is 23.8 Å². The van der Waals surface area contributed by atoms with Gasteiger partial charge in [-0.2, -0.15) is 13.2 Å². The number of halogens is 3. The molecule has 0 saturated carbocycles. The molecule has 21 heavy (non-hydrogen) atoms. The lowest BCUT2D eigenvalue weighted by Crippen LogP contribution is -2.63. The Labute approximate surface area is 122 Å². The molecule has 1 aliphatic heterocycles. The third-order valence-electron chi connectivity index (χ3n) is 3.49. The molecule has 116 valence electrons. The summed E-state index contributed by atoms with van der Waals surface area (Å²) in [6, 6.07) is 0.0809. The van der Waals surface area contributed by atoms with Crippen molar-refractivity contribution in [2.45, 2.75) is 31.1 Å². The van der Waals surface area contributed by atoms with E-state index in [1.54, 1.807) is 5.38 Å². The average Bonchev–Trinajstić information content (AvgIpc) is 2.82. The van der Waals surface area contributed by atoms with Gasteiger partial charge in [-0.1, -0.05) is 0 Å². The maximum atomic E-state index is 12.9. The van der Waals surface area contributed by atoms with Crippen LogP contribution in [0.1, 0.15) is 23.4 Å². The summed E-state index contributed by atoms with van der Waals surface area (Å²) >= 11 is 1.32. The van der Waals surface area contributed by atoms with E-state index < -0.39 is 29.6 Å². The molecule has 2 rings (SSSR count). The number of amides is 1. The van der Waals surface area contributed by atoms with Gasteiger partial charge in [-0.25, -0.2) is 4.79 Å². The fourth-order valence-electron chi connectivity index (χ4n) is 2.22. The van der Waals surface area contributed by atoms with Crippen molar-refractivity contribution in [3.05, 3.63) is 21.9 Å². The second kappa shape index (κ2) is 4.99. The number of hydrogen-bond donors (Lipinski definition) is 2. The Morgan fingerprint density at radius 2 is 2.10 bits per heavy atom. The topological polar surface area (TPSA) is 83.6 Å². The lowest BCUT2D eigenvalue weighted by atomic mass is 9.94. The van der Waals surface area contributed by atoms with Gasteiger partial charge < -0.3 is 15.7 Å². The monoisotopic (exact) mass is 322 g/mol. The number of alkyl halides is 3. The molecule has 0 bridgehead atoms. The summed E-state index contributed by atoms with van der Waals surface area (Å²) < 4.78 is 38.7. The molecule has 0 fully saturated rings. The molecular weight excluding hydrogens is 309 g/mol. The van der Waals surface area contributed by atoms with Crippen molar-refractivity contribution in [1.29, 1.82) is 0 Å². The highest BCUT2D eigenvalue weighted by Gasteiger charge is 2.57. The van der Waals surface area contributed by atoms with E-state index in [1.165, 1.54) is 17.4 Å². The van der Waals surface area contributed by atoms with E-state index in [-0.39, 0.29) is 6.54 Å². The largest absolute Gasteiger partial charge is 0.479 e. The van der Waals surface area contributed by atoms with Crippen LogP contribution in [0.15, 0.2) is 11.4 Å². The van der Waals surface area contributed by atoms with Crippen LogP contribution < -0.4 is 5.73 Å². The van der Waals surface area contributed by atoms with E-state index in [2.05, 4.69) is 0 Å². The molecule has 0 radical (unpaired) electrons. The number of carbonyl (C=O) groups is 2. The molecule has 0 aliphatic carbocycles. The molecule has 2 heterocycles. The molecule has 0 saturated heterocycles. The Balaban J connectivity index is 2.40. The van der Waals surface area contributed by atoms with Gasteiger partial charge in [0.25, 0.3) is 5.91 Å². The number of nitrogens with two attached hydrogens (primary N) is 1. The van der Waals surface area contributed by atoms with Gasteiger partial charge in [0.15, 0.2) is 11.6 Å². The van der Waals surface area contributed by atoms with Gasteiger partial charge in [-0.3, -0.25) is 4.79 Å². The van der Waals surface area contributed by atoms with Crippen molar-refractivity contribution >= 4 is 23.2 Å². The highest BCUT2D eigenvalue weighted by Crippen LogP contribution is 2.37. The van der Waals surface area contributed by atoms with Crippen molar-refractivity contribution in [3.8, 4) is 0 Å². The quantitative estimate of drug-likeness (QED) is 0.865. The first kappa shape index (κ1) is 15.8. The summed E-state index contributed by atoms with van der Waals surface area (Å²) in [7, 11) is 0. The predicted molar refractivity (Wildman–Crippen MR) is 68.8 cm³/mol. The van der Waals surface area contributed by atoms with E-state index in [1.807, 2.05) is 0 Å². The first-order chi connectivity index (χ1) is 9.57. The van der Waals surface area contributed by atoms with Crippen LogP contribution >= 0.6 is 11.3 Å². The number of hydrogen-bond acceptors (Lipinski definition) is 4. The lowest BCUT2D eigenvalue weighted by Gasteiger charge is -2.38. The average molecular weight is 322 g/mol. The second-order valence-corrected chi connectivity index (χ2v) is 5.99. The van der Waals surface area contributed by atoms with E-state index in [4.69, 9.17) is 5.73 Å². The van der Waals surface area contributed by atoms with Gasteiger partial charge in [-0.15, -0.1) is 11.3 Å². The minimum absolute atomic E-state index is 0.105. The van der Waals surface area contributed by atoms with E-state index in [0.717, 1.165) is 4.88 Å². The summed E-state index contributed by atoms with van der Waals surface area (Å²) in [6.45, 7) is 0.448. The van der Waals surface area contributed by atoms with Gasteiger partial charge in [0, 0.05) is 11.4 Å². The minimum atomic E-state index is -4.96. The van der Waals surface area contributed by atoms with Crippen LogP contribution in [0.2, 0.25) is 0 Å². The smallest absolute Gasteiger partial charge is 0.415 e. The Morgan fingerprint density at radius 3 is 2.62 bits per heavy atom. The Bertz CT molecular complexity index is 583. The Kier molecular flexibility index (Phi) is 3.75. The van der Waals surface area contributed by atoms with Crippen LogP contribution in [0.4, 0.5) is 13.2 Å². The summed E-state index contributed by atoms with van der Waals surface area (Å²) in [5.41, 5.74) is 2.35. The predicted octanol–water partition coefficient (Wildman–Crippen LogP) is 1.54. The Morgan fingerprint density at radius 1 is 1.48 bits per heavy atom. The summed E-state index contributed by atoms with van der Waals surface area (Å²) in [6.07, 6.45) is -4.64. The number of aliphatic carboxylic acids is 1. The molecule has 1 aromatic heterocycles. The van der Waals surface area contributed by atoms with Crippen LogP contribution in [0.3, 0.4) is 0 Å².